The zero-order chi connectivity index (χ0) is 13.4. The fourth-order valence-corrected chi connectivity index (χ4v) is 4.94. The first-order chi connectivity index (χ1) is 9.17. The number of nitrogens with zero attached hydrogens (tertiary/aromatic N) is 1. The number of anilines is 1. The maximum absolute atomic E-state index is 3.61. The highest BCUT2D eigenvalue weighted by atomic mass is 79.9. The highest BCUT2D eigenvalue weighted by Gasteiger charge is 2.39. The number of hydrogen-bond acceptors (Lipinski definition) is 1. The van der Waals surface area contributed by atoms with Crippen molar-refractivity contribution >= 4 is 37.5 Å². The van der Waals surface area contributed by atoms with E-state index in [9.17, 15) is 0 Å². The summed E-state index contributed by atoms with van der Waals surface area (Å²) >= 11 is 7.17. The van der Waals surface area contributed by atoms with Gasteiger partial charge in [-0.05, 0) is 60.8 Å². The summed E-state index contributed by atoms with van der Waals surface area (Å²) in [5.41, 5.74) is 2.75. The summed E-state index contributed by atoms with van der Waals surface area (Å²) in [4.78, 5) is 2.47. The van der Waals surface area contributed by atoms with Crippen LogP contribution in [0.25, 0.3) is 0 Å². The van der Waals surface area contributed by atoms with Gasteiger partial charge in [0.2, 0.25) is 0 Å². The molecule has 3 unspecified atom stereocenters. The fourth-order valence-electron chi connectivity index (χ4n) is 4.08. The minimum Gasteiger partial charge on any atom is -0.374 e. The van der Waals surface area contributed by atoms with Gasteiger partial charge in [-0.2, -0.15) is 0 Å². The highest BCUT2D eigenvalue weighted by molar-refractivity contribution is 9.10. The molecule has 2 fully saturated rings. The molecule has 3 heteroatoms. The van der Waals surface area contributed by atoms with Crippen molar-refractivity contribution in [3.63, 3.8) is 0 Å². The first-order valence-electron chi connectivity index (χ1n) is 7.23. The summed E-state index contributed by atoms with van der Waals surface area (Å²) in [7, 11) is 2.25. The number of halogens is 2. The molecule has 1 nitrogen and oxygen atoms in total. The van der Waals surface area contributed by atoms with Crippen LogP contribution in [-0.4, -0.2) is 13.6 Å². The third-order valence-corrected chi connectivity index (χ3v) is 6.09. The van der Waals surface area contributed by atoms with Crippen LogP contribution in [0.1, 0.15) is 31.2 Å². The van der Waals surface area contributed by atoms with Crippen LogP contribution in [0.4, 0.5) is 5.69 Å². The average molecular weight is 387 g/mol. The lowest BCUT2D eigenvalue weighted by Gasteiger charge is -2.29. The Morgan fingerprint density at radius 1 is 1.26 bits per heavy atom. The van der Waals surface area contributed by atoms with E-state index in [1.165, 1.54) is 48.0 Å². The van der Waals surface area contributed by atoms with Crippen molar-refractivity contribution < 1.29 is 0 Å². The summed E-state index contributed by atoms with van der Waals surface area (Å²) in [6.07, 6.45) is 5.95. The molecule has 0 N–H and O–H groups in total. The van der Waals surface area contributed by atoms with E-state index in [2.05, 4.69) is 62.0 Å². The standard InChI is InChI=1S/C16H21Br2N/c1-19(10-14-7-11-2-3-12(14)6-11)16-5-4-15(18)8-13(16)9-17/h4-5,8,11-12,14H,2-3,6-7,9-10H2,1H3. The summed E-state index contributed by atoms with van der Waals surface area (Å²) in [5.74, 6) is 2.98. The van der Waals surface area contributed by atoms with Gasteiger partial charge in [-0.3, -0.25) is 0 Å². The summed E-state index contributed by atoms with van der Waals surface area (Å²) in [5, 5.41) is 0.919. The Morgan fingerprint density at radius 3 is 2.74 bits per heavy atom. The second-order valence-electron chi connectivity index (χ2n) is 6.22. The molecule has 2 saturated carbocycles. The van der Waals surface area contributed by atoms with E-state index in [0.717, 1.165) is 23.1 Å². The average Bonchev–Trinajstić information content (AvgIpc) is 3.00. The first-order valence-corrected chi connectivity index (χ1v) is 9.14. The SMILES string of the molecule is CN(CC1CC2CCC1C2)c1ccc(Br)cc1CBr. The van der Waals surface area contributed by atoms with Crippen LogP contribution in [0.5, 0.6) is 0 Å². The van der Waals surface area contributed by atoms with Crippen molar-refractivity contribution in [3.05, 3.63) is 28.2 Å². The van der Waals surface area contributed by atoms with E-state index in [4.69, 9.17) is 0 Å². The van der Waals surface area contributed by atoms with Gasteiger partial charge in [0.1, 0.15) is 0 Å². The lowest BCUT2D eigenvalue weighted by molar-refractivity contribution is 0.337. The summed E-state index contributed by atoms with van der Waals surface area (Å²) < 4.78 is 1.17. The Morgan fingerprint density at radius 2 is 2.11 bits per heavy atom. The smallest absolute Gasteiger partial charge is 0.0405 e. The molecule has 0 radical (unpaired) electrons. The molecule has 1 aromatic rings. The Labute approximate surface area is 133 Å². The molecule has 0 spiro atoms. The normalized spacial score (nSPS) is 28.9. The Kier molecular flexibility index (Phi) is 4.23. The second kappa shape index (κ2) is 5.77. The second-order valence-corrected chi connectivity index (χ2v) is 7.70. The van der Waals surface area contributed by atoms with Gasteiger partial charge in [0, 0.05) is 29.1 Å². The maximum Gasteiger partial charge on any atom is 0.0405 e. The molecular formula is C16H21Br2N. The summed E-state index contributed by atoms with van der Waals surface area (Å²) in [6, 6.07) is 6.62. The van der Waals surface area contributed by atoms with Crippen LogP contribution in [0.3, 0.4) is 0 Å². The van der Waals surface area contributed by atoms with Gasteiger partial charge >= 0.3 is 0 Å². The third-order valence-electron chi connectivity index (χ3n) is 4.99. The lowest BCUT2D eigenvalue weighted by Crippen LogP contribution is -2.29. The molecule has 0 amide bonds. The maximum atomic E-state index is 3.61. The molecule has 104 valence electrons. The minimum atomic E-state index is 0.919. The van der Waals surface area contributed by atoms with Crippen LogP contribution in [-0.2, 0) is 5.33 Å². The quantitative estimate of drug-likeness (QED) is 0.641. The van der Waals surface area contributed by atoms with Crippen molar-refractivity contribution in [3.8, 4) is 0 Å². The van der Waals surface area contributed by atoms with E-state index in [-0.39, 0.29) is 0 Å². The van der Waals surface area contributed by atoms with Gasteiger partial charge < -0.3 is 4.90 Å². The number of fused-ring (bicyclic) bond motifs is 2. The molecule has 0 aliphatic heterocycles. The Hall–Kier alpha value is -0.0200. The van der Waals surface area contributed by atoms with Crippen molar-refractivity contribution in [2.75, 3.05) is 18.5 Å². The summed E-state index contributed by atoms with van der Waals surface area (Å²) in [6.45, 7) is 1.22. The van der Waals surface area contributed by atoms with Crippen molar-refractivity contribution in [2.45, 2.75) is 31.0 Å². The van der Waals surface area contributed by atoms with Gasteiger partial charge in [-0.15, -0.1) is 0 Å². The van der Waals surface area contributed by atoms with Crippen molar-refractivity contribution in [1.82, 2.24) is 0 Å². The molecular weight excluding hydrogens is 366 g/mol. The zero-order valence-corrected chi connectivity index (χ0v) is 14.6. The predicted molar refractivity (Wildman–Crippen MR) is 89.0 cm³/mol. The van der Waals surface area contributed by atoms with Gasteiger partial charge in [0.25, 0.3) is 0 Å². The third kappa shape index (κ3) is 2.87. The van der Waals surface area contributed by atoms with Gasteiger partial charge in [0.15, 0.2) is 0 Å². The molecule has 2 bridgehead atoms. The van der Waals surface area contributed by atoms with E-state index in [1.54, 1.807) is 0 Å². The van der Waals surface area contributed by atoms with Crippen molar-refractivity contribution in [2.24, 2.45) is 17.8 Å². The molecule has 2 aliphatic rings. The molecule has 3 atom stereocenters. The van der Waals surface area contributed by atoms with Crippen molar-refractivity contribution in [1.29, 1.82) is 0 Å². The monoisotopic (exact) mass is 385 g/mol. The van der Waals surface area contributed by atoms with Crippen LogP contribution >= 0.6 is 31.9 Å². The molecule has 19 heavy (non-hydrogen) atoms. The Balaban J connectivity index is 1.71. The highest BCUT2D eigenvalue weighted by Crippen LogP contribution is 2.48. The van der Waals surface area contributed by atoms with Gasteiger partial charge in [-0.1, -0.05) is 38.3 Å². The van der Waals surface area contributed by atoms with Crippen LogP contribution in [0, 0.1) is 17.8 Å². The zero-order valence-electron chi connectivity index (χ0n) is 11.4. The number of hydrogen-bond donors (Lipinski definition) is 0. The number of benzene rings is 1. The molecule has 2 aliphatic carbocycles. The molecule has 0 heterocycles. The van der Waals surface area contributed by atoms with E-state index < -0.39 is 0 Å². The molecule has 1 aromatic carbocycles. The molecule has 0 saturated heterocycles. The fraction of sp³-hybridized carbons (Fsp3) is 0.625. The van der Waals surface area contributed by atoms with E-state index >= 15 is 0 Å². The van der Waals surface area contributed by atoms with Crippen LogP contribution < -0.4 is 4.90 Å². The Bertz CT molecular complexity index is 460. The number of rotatable bonds is 4. The molecule has 0 aromatic heterocycles. The van der Waals surface area contributed by atoms with Gasteiger partial charge in [0.05, 0.1) is 0 Å². The topological polar surface area (TPSA) is 3.24 Å². The van der Waals surface area contributed by atoms with Gasteiger partial charge in [-0.25, -0.2) is 0 Å². The lowest BCUT2D eigenvalue weighted by atomic mass is 9.88. The van der Waals surface area contributed by atoms with E-state index in [1.807, 2.05) is 0 Å². The largest absolute Gasteiger partial charge is 0.374 e. The van der Waals surface area contributed by atoms with E-state index in [0.29, 0.717) is 0 Å². The number of alkyl halides is 1. The predicted octanol–water partition coefficient (Wildman–Crippen LogP) is 5.22. The first kappa shape index (κ1) is 13.9. The molecule has 3 rings (SSSR count). The minimum absolute atomic E-state index is 0.919. The van der Waals surface area contributed by atoms with Crippen LogP contribution in [0.15, 0.2) is 22.7 Å². The van der Waals surface area contributed by atoms with Crippen LogP contribution in [0.2, 0.25) is 0 Å².